The van der Waals surface area contributed by atoms with E-state index in [4.69, 9.17) is 4.42 Å². The Labute approximate surface area is 171 Å². The number of likely N-dealkylation sites (tertiary alicyclic amines) is 1. The molecule has 3 heterocycles. The third-order valence-corrected chi connectivity index (χ3v) is 5.60. The topological polar surface area (TPSA) is 63.3 Å². The van der Waals surface area contributed by atoms with Gasteiger partial charge in [-0.1, -0.05) is 0 Å². The number of carbonyl (C=O) groups is 1. The maximum absolute atomic E-state index is 12.8. The first-order valence-corrected chi connectivity index (χ1v) is 10.3. The molecule has 1 saturated heterocycles. The summed E-state index contributed by atoms with van der Waals surface area (Å²) in [6.07, 6.45) is 5.75. The molecule has 1 unspecified atom stereocenters. The maximum atomic E-state index is 12.8. The van der Waals surface area contributed by atoms with Gasteiger partial charge in [0.2, 0.25) is 5.91 Å². The number of rotatable bonds is 6. The Kier molecular flexibility index (Phi) is 5.81. The summed E-state index contributed by atoms with van der Waals surface area (Å²) in [7, 11) is 0. The van der Waals surface area contributed by atoms with Crippen LogP contribution in [0.5, 0.6) is 0 Å². The summed E-state index contributed by atoms with van der Waals surface area (Å²) in [5.74, 6) is 0.934. The van der Waals surface area contributed by atoms with Gasteiger partial charge in [-0.05, 0) is 69.6 Å². The van der Waals surface area contributed by atoms with Crippen LogP contribution in [-0.2, 0) is 17.9 Å². The highest BCUT2D eigenvalue weighted by molar-refractivity contribution is 5.93. The molecule has 1 atom stereocenters. The summed E-state index contributed by atoms with van der Waals surface area (Å²) in [4.78, 5) is 15.2. The zero-order chi connectivity index (χ0) is 20.2. The van der Waals surface area contributed by atoms with Crippen molar-refractivity contribution in [1.29, 1.82) is 0 Å². The molecule has 152 valence electrons. The number of aryl methyl sites for hydroxylation is 2. The van der Waals surface area contributed by atoms with E-state index in [1.54, 1.807) is 6.26 Å². The molecule has 0 bridgehead atoms. The Morgan fingerprint density at radius 1 is 1.28 bits per heavy atom. The first-order valence-electron chi connectivity index (χ1n) is 10.3. The Morgan fingerprint density at radius 3 is 2.79 bits per heavy atom. The summed E-state index contributed by atoms with van der Waals surface area (Å²) in [5, 5.41) is 7.61. The number of furan rings is 1. The molecule has 3 aromatic rings. The van der Waals surface area contributed by atoms with Crippen molar-refractivity contribution in [2.24, 2.45) is 5.92 Å². The fourth-order valence-electron chi connectivity index (χ4n) is 3.94. The summed E-state index contributed by atoms with van der Waals surface area (Å²) in [6.45, 7) is 7.70. The largest absolute Gasteiger partial charge is 0.464 e. The molecule has 4 rings (SSSR count). The molecule has 0 aliphatic carbocycles. The molecule has 1 fully saturated rings. The van der Waals surface area contributed by atoms with Crippen LogP contribution in [0.1, 0.15) is 31.0 Å². The molecule has 6 heteroatoms. The van der Waals surface area contributed by atoms with Crippen LogP contribution in [0, 0.1) is 12.8 Å². The van der Waals surface area contributed by atoms with Crippen molar-refractivity contribution >= 4 is 11.6 Å². The molecule has 29 heavy (non-hydrogen) atoms. The minimum atomic E-state index is 0.00928. The van der Waals surface area contributed by atoms with Gasteiger partial charge in [-0.3, -0.25) is 14.4 Å². The first kappa shape index (κ1) is 19.5. The Balaban J connectivity index is 1.35. The molecule has 2 aromatic heterocycles. The Morgan fingerprint density at radius 2 is 2.10 bits per heavy atom. The third-order valence-electron chi connectivity index (χ3n) is 5.60. The van der Waals surface area contributed by atoms with Crippen LogP contribution in [0.25, 0.3) is 11.3 Å². The summed E-state index contributed by atoms with van der Waals surface area (Å²) >= 11 is 0. The van der Waals surface area contributed by atoms with Gasteiger partial charge in [0.1, 0.15) is 5.76 Å². The zero-order valence-corrected chi connectivity index (χ0v) is 17.1. The van der Waals surface area contributed by atoms with Crippen LogP contribution in [0.15, 0.2) is 53.3 Å². The van der Waals surface area contributed by atoms with E-state index in [2.05, 4.69) is 35.4 Å². The summed E-state index contributed by atoms with van der Waals surface area (Å²) in [5.41, 5.74) is 4.15. The molecule has 6 nitrogen and oxygen atoms in total. The second-order valence-electron chi connectivity index (χ2n) is 7.71. The van der Waals surface area contributed by atoms with Crippen molar-refractivity contribution < 1.29 is 9.21 Å². The van der Waals surface area contributed by atoms with Crippen LogP contribution >= 0.6 is 0 Å². The summed E-state index contributed by atoms with van der Waals surface area (Å²) < 4.78 is 7.39. The van der Waals surface area contributed by atoms with Gasteiger partial charge >= 0.3 is 0 Å². The van der Waals surface area contributed by atoms with Crippen molar-refractivity contribution in [3.63, 3.8) is 0 Å². The summed E-state index contributed by atoms with van der Waals surface area (Å²) in [6, 6.07) is 11.6. The fourth-order valence-corrected chi connectivity index (χ4v) is 3.94. The van der Waals surface area contributed by atoms with E-state index in [-0.39, 0.29) is 11.8 Å². The highest BCUT2D eigenvalue weighted by atomic mass is 16.3. The van der Waals surface area contributed by atoms with Gasteiger partial charge in [0.05, 0.1) is 17.9 Å². The van der Waals surface area contributed by atoms with Crippen LogP contribution in [-0.4, -0.2) is 33.7 Å². The van der Waals surface area contributed by atoms with Crippen LogP contribution < -0.4 is 5.32 Å². The van der Waals surface area contributed by atoms with Gasteiger partial charge in [-0.2, -0.15) is 5.10 Å². The number of benzene rings is 1. The number of anilines is 1. The maximum Gasteiger partial charge on any atom is 0.228 e. The number of piperidine rings is 1. The Hall–Kier alpha value is -2.86. The van der Waals surface area contributed by atoms with Gasteiger partial charge in [0.25, 0.3) is 0 Å². The van der Waals surface area contributed by atoms with E-state index in [9.17, 15) is 4.79 Å². The average Bonchev–Trinajstić information content (AvgIpc) is 3.39. The van der Waals surface area contributed by atoms with E-state index in [1.165, 1.54) is 5.56 Å². The van der Waals surface area contributed by atoms with Crippen LogP contribution in [0.2, 0.25) is 0 Å². The second-order valence-corrected chi connectivity index (χ2v) is 7.71. The molecule has 1 amide bonds. The number of nitrogens with one attached hydrogen (secondary N) is 1. The SMILES string of the molecule is CCn1cc(CN2CCCC(C(=O)Nc3ccc(-c4ccco4)cc3)C2)c(C)n1. The monoisotopic (exact) mass is 392 g/mol. The van der Waals surface area contributed by atoms with Crippen molar-refractivity contribution in [2.45, 2.75) is 39.8 Å². The zero-order valence-electron chi connectivity index (χ0n) is 17.1. The average molecular weight is 393 g/mol. The van der Waals surface area contributed by atoms with Gasteiger partial charge in [0.15, 0.2) is 0 Å². The van der Waals surface area contributed by atoms with Crippen LogP contribution in [0.4, 0.5) is 5.69 Å². The van der Waals surface area contributed by atoms with E-state index in [1.807, 2.05) is 41.1 Å². The highest BCUT2D eigenvalue weighted by Crippen LogP contribution is 2.24. The number of hydrogen-bond donors (Lipinski definition) is 1. The smallest absolute Gasteiger partial charge is 0.228 e. The minimum Gasteiger partial charge on any atom is -0.464 e. The number of nitrogens with zero attached hydrogens (tertiary/aromatic N) is 3. The van der Waals surface area contributed by atoms with Gasteiger partial charge < -0.3 is 9.73 Å². The molecule has 1 aliphatic rings. The van der Waals surface area contributed by atoms with Crippen molar-refractivity contribution in [1.82, 2.24) is 14.7 Å². The minimum absolute atomic E-state index is 0.00928. The number of aromatic nitrogens is 2. The second kappa shape index (κ2) is 8.66. The van der Waals surface area contributed by atoms with Crippen molar-refractivity contribution in [3.05, 3.63) is 60.1 Å². The number of amides is 1. The van der Waals surface area contributed by atoms with Gasteiger partial charge in [-0.15, -0.1) is 0 Å². The molecule has 1 aliphatic heterocycles. The molecular formula is C23H28N4O2. The molecule has 1 aromatic carbocycles. The first-order chi connectivity index (χ1) is 14.1. The number of carbonyl (C=O) groups excluding carboxylic acids is 1. The molecular weight excluding hydrogens is 364 g/mol. The lowest BCUT2D eigenvalue weighted by Gasteiger charge is -2.31. The lowest BCUT2D eigenvalue weighted by Crippen LogP contribution is -2.40. The predicted octanol–water partition coefficient (Wildman–Crippen LogP) is 4.32. The Bertz CT molecular complexity index is 944. The van der Waals surface area contributed by atoms with E-state index >= 15 is 0 Å². The molecule has 0 spiro atoms. The lowest BCUT2D eigenvalue weighted by atomic mass is 9.96. The molecule has 0 radical (unpaired) electrons. The van der Waals surface area contributed by atoms with Crippen molar-refractivity contribution in [2.75, 3.05) is 18.4 Å². The standard InChI is InChI=1S/C23H28N4O2/c1-3-27-16-20(17(2)25-27)15-26-12-4-6-19(14-26)23(28)24-21-10-8-18(9-11-21)22-7-5-13-29-22/h5,7-11,13,16,19H,3-4,6,12,14-15H2,1-2H3,(H,24,28). The highest BCUT2D eigenvalue weighted by Gasteiger charge is 2.26. The predicted molar refractivity (Wildman–Crippen MR) is 113 cm³/mol. The molecule has 0 saturated carbocycles. The molecule has 1 N–H and O–H groups in total. The normalized spacial score (nSPS) is 17.4. The van der Waals surface area contributed by atoms with Gasteiger partial charge in [0, 0.05) is 42.6 Å². The fraction of sp³-hybridized carbons (Fsp3) is 0.391. The quantitative estimate of drug-likeness (QED) is 0.678. The van der Waals surface area contributed by atoms with Gasteiger partial charge in [-0.25, -0.2) is 0 Å². The van der Waals surface area contributed by atoms with Crippen LogP contribution in [0.3, 0.4) is 0 Å². The van der Waals surface area contributed by atoms with E-state index in [0.29, 0.717) is 0 Å². The van der Waals surface area contributed by atoms with E-state index < -0.39 is 0 Å². The number of hydrogen-bond acceptors (Lipinski definition) is 4. The van der Waals surface area contributed by atoms with Crippen molar-refractivity contribution in [3.8, 4) is 11.3 Å². The van der Waals surface area contributed by atoms with E-state index in [0.717, 1.165) is 61.7 Å². The third kappa shape index (κ3) is 4.59. The lowest BCUT2D eigenvalue weighted by molar-refractivity contribution is -0.121.